The molecule has 0 saturated heterocycles. The van der Waals surface area contributed by atoms with Crippen molar-refractivity contribution in [1.29, 1.82) is 0 Å². The van der Waals surface area contributed by atoms with Gasteiger partial charge in [0, 0.05) is 31.6 Å². The normalized spacial score (nSPS) is 12.7. The Balaban J connectivity index is 0.843. The number of amides is 1. The van der Waals surface area contributed by atoms with Crippen LogP contribution in [0.15, 0.2) is 83.8 Å². The molecule has 0 bridgehead atoms. The minimum atomic E-state index is -0.394. The Bertz CT molecular complexity index is 2650. The van der Waals surface area contributed by atoms with E-state index in [1.54, 1.807) is 47.7 Å². The molecule has 2 heterocycles. The van der Waals surface area contributed by atoms with Crippen molar-refractivity contribution in [1.82, 2.24) is 35.3 Å². The molecule has 1 atom stereocenters. The molecular weight excluding hydrogens is 893 g/mol. The predicted octanol–water partition coefficient (Wildman–Crippen LogP) is 8.30. The van der Waals surface area contributed by atoms with E-state index in [1.165, 1.54) is 7.11 Å². The summed E-state index contributed by atoms with van der Waals surface area (Å²) in [5.74, 6) is 4.50. The van der Waals surface area contributed by atoms with Crippen molar-refractivity contribution in [3.63, 3.8) is 0 Å². The second-order valence-corrected chi connectivity index (χ2v) is 16.9. The summed E-state index contributed by atoms with van der Waals surface area (Å²) in [6.45, 7) is 2.18. The molecule has 0 fully saturated rings. The van der Waals surface area contributed by atoms with Gasteiger partial charge < -0.3 is 49.7 Å². The van der Waals surface area contributed by atoms with Crippen LogP contribution in [0.1, 0.15) is 91.8 Å². The molecule has 370 valence electrons. The van der Waals surface area contributed by atoms with Crippen LogP contribution >= 0.6 is 0 Å². The third-order valence-electron chi connectivity index (χ3n) is 12.2. The van der Waals surface area contributed by atoms with Crippen molar-refractivity contribution in [2.45, 2.75) is 96.4 Å². The second kappa shape index (κ2) is 25.1. The van der Waals surface area contributed by atoms with E-state index in [4.69, 9.17) is 28.4 Å². The van der Waals surface area contributed by atoms with Crippen LogP contribution in [0, 0.1) is 0 Å². The van der Waals surface area contributed by atoms with Crippen LogP contribution in [0.4, 0.5) is 17.8 Å². The predicted molar refractivity (Wildman–Crippen MR) is 268 cm³/mol. The standard InChI is InChI=1S/C52H64N10O8/c1-65-38-20-15-34(16-21-38)30-53-50-57-51(54-31-35-17-22-39(66-2)23-18-35)59-52(58-50)55-32-37-33-62(61-60-37)27-13-11-9-7-8-10-12-14-46(64)56-42-25-19-36-28-45(68-4)48(69-5)49(70-6)47(36)40-24-26-44(67-3)43(63)29-41(40)42/h15-18,20-24,26,28-29,33,42H,7-14,19,25,27,30-32H2,1-6H3,(H,56,64)(H3,53,54,55,57,58,59)/t42-/m0/s1. The zero-order chi connectivity index (χ0) is 49.2. The largest absolute Gasteiger partial charge is 0.497 e. The number of aryl methyl sites for hydroxylation is 2. The van der Waals surface area contributed by atoms with Crippen LogP contribution in [0.3, 0.4) is 0 Å². The summed E-state index contributed by atoms with van der Waals surface area (Å²) in [5.41, 5.74) is 5.84. The highest BCUT2D eigenvalue weighted by Gasteiger charge is 2.30. The summed E-state index contributed by atoms with van der Waals surface area (Å²) in [6, 6.07) is 22.3. The molecule has 1 aliphatic carbocycles. The minimum Gasteiger partial charge on any atom is -0.497 e. The lowest BCUT2D eigenvalue weighted by atomic mass is 9.95. The van der Waals surface area contributed by atoms with Gasteiger partial charge in [0.25, 0.3) is 0 Å². The number of anilines is 3. The number of methoxy groups -OCH3 is 6. The first kappa shape index (κ1) is 50.3. The molecule has 70 heavy (non-hydrogen) atoms. The molecule has 0 spiro atoms. The monoisotopic (exact) mass is 956 g/mol. The van der Waals surface area contributed by atoms with Gasteiger partial charge in [0.05, 0.1) is 61.4 Å². The maximum atomic E-state index is 13.4. The molecule has 0 saturated carbocycles. The van der Waals surface area contributed by atoms with Crippen LogP contribution in [-0.4, -0.2) is 78.5 Å². The SMILES string of the molecule is COc1ccc(CNc2nc(NCc3ccc(OC)cc3)nc(NCc3cn(CCCCCCCCCC(=O)N[C@H]4CCc5cc(OC)c(OC)c(OC)c5-c5ccc(OC)c(=O)cc54)nn3)n2)cc1. The van der Waals surface area contributed by atoms with Crippen LogP contribution < -0.4 is 55.1 Å². The van der Waals surface area contributed by atoms with Gasteiger partial charge in [-0.1, -0.05) is 67.6 Å². The Labute approximate surface area is 408 Å². The number of fused-ring (bicyclic) bond motifs is 3. The maximum absolute atomic E-state index is 13.4. The Morgan fingerprint density at radius 3 is 1.77 bits per heavy atom. The Morgan fingerprint density at radius 2 is 1.20 bits per heavy atom. The quantitative estimate of drug-likeness (QED) is 0.0377. The number of carbonyl (C=O) groups excluding carboxylic acids is 1. The van der Waals surface area contributed by atoms with E-state index >= 15 is 0 Å². The average Bonchev–Trinajstić information content (AvgIpc) is 3.72. The molecule has 0 aliphatic heterocycles. The molecule has 0 radical (unpaired) electrons. The first-order valence-electron chi connectivity index (χ1n) is 23.7. The zero-order valence-electron chi connectivity index (χ0n) is 40.9. The second-order valence-electron chi connectivity index (χ2n) is 16.9. The molecule has 1 amide bonds. The van der Waals surface area contributed by atoms with Crippen LogP contribution in [0.25, 0.3) is 11.1 Å². The van der Waals surface area contributed by atoms with Crippen molar-refractivity contribution in [2.24, 2.45) is 0 Å². The van der Waals surface area contributed by atoms with Gasteiger partial charge in [-0.15, -0.1) is 5.10 Å². The summed E-state index contributed by atoms with van der Waals surface area (Å²) in [6.07, 6.45) is 10.5. The molecule has 7 rings (SSSR count). The van der Waals surface area contributed by atoms with E-state index in [-0.39, 0.29) is 17.1 Å². The fraction of sp³-hybridized carbons (Fsp3) is 0.404. The molecule has 6 aromatic rings. The van der Waals surface area contributed by atoms with E-state index in [2.05, 4.69) is 46.5 Å². The number of hydrogen-bond donors (Lipinski definition) is 4. The molecule has 4 aromatic carbocycles. The van der Waals surface area contributed by atoms with Gasteiger partial charge in [-0.3, -0.25) is 14.3 Å². The first-order chi connectivity index (χ1) is 34.2. The summed E-state index contributed by atoms with van der Waals surface area (Å²) >= 11 is 0. The molecular formula is C52H64N10O8. The molecule has 18 heteroatoms. The van der Waals surface area contributed by atoms with Crippen LogP contribution in [0.5, 0.6) is 34.5 Å². The fourth-order valence-electron chi connectivity index (χ4n) is 8.49. The van der Waals surface area contributed by atoms with Gasteiger partial charge in [-0.05, 0) is 96.0 Å². The van der Waals surface area contributed by atoms with Gasteiger partial charge >= 0.3 is 0 Å². The number of ether oxygens (including phenoxy) is 6. The Morgan fingerprint density at radius 1 is 0.629 bits per heavy atom. The number of unbranched alkanes of at least 4 members (excludes halogenated alkanes) is 6. The van der Waals surface area contributed by atoms with Gasteiger partial charge in [-0.2, -0.15) is 15.0 Å². The molecule has 2 aromatic heterocycles. The lowest BCUT2D eigenvalue weighted by Gasteiger charge is -2.20. The topological polar surface area (TPSA) is 207 Å². The van der Waals surface area contributed by atoms with E-state index in [0.717, 1.165) is 96.5 Å². The van der Waals surface area contributed by atoms with Gasteiger partial charge in [0.1, 0.15) is 17.2 Å². The highest BCUT2D eigenvalue weighted by Crippen LogP contribution is 2.50. The smallest absolute Gasteiger partial charge is 0.229 e. The van der Waals surface area contributed by atoms with E-state index in [9.17, 15) is 9.59 Å². The van der Waals surface area contributed by atoms with Gasteiger partial charge in [-0.25, -0.2) is 0 Å². The third-order valence-corrected chi connectivity index (χ3v) is 12.2. The third kappa shape index (κ3) is 13.3. The number of hydrogen-bond acceptors (Lipinski definition) is 16. The number of nitrogens with one attached hydrogen (secondary N) is 4. The fourth-order valence-corrected chi connectivity index (χ4v) is 8.49. The summed E-state index contributed by atoms with van der Waals surface area (Å²) in [4.78, 5) is 40.5. The minimum absolute atomic E-state index is 0.0457. The van der Waals surface area contributed by atoms with Crippen molar-refractivity contribution < 1.29 is 33.2 Å². The maximum Gasteiger partial charge on any atom is 0.229 e. The van der Waals surface area contributed by atoms with Crippen molar-refractivity contribution >= 4 is 23.8 Å². The van der Waals surface area contributed by atoms with Crippen LogP contribution in [0.2, 0.25) is 0 Å². The van der Waals surface area contributed by atoms with E-state index in [1.807, 2.05) is 71.5 Å². The van der Waals surface area contributed by atoms with Crippen LogP contribution in [-0.2, 0) is 37.4 Å². The first-order valence-corrected chi connectivity index (χ1v) is 23.7. The molecule has 4 N–H and O–H groups in total. The van der Waals surface area contributed by atoms with Gasteiger partial charge in [0.15, 0.2) is 17.2 Å². The highest BCUT2D eigenvalue weighted by atomic mass is 16.5. The Hall–Kier alpha value is -7.63. The summed E-state index contributed by atoms with van der Waals surface area (Å²) < 4.78 is 35.1. The number of benzene rings is 3. The van der Waals surface area contributed by atoms with Crippen molar-refractivity contribution in [3.8, 4) is 45.6 Å². The number of nitrogens with zero attached hydrogens (tertiary/aromatic N) is 6. The number of aromatic nitrogens is 6. The van der Waals surface area contributed by atoms with Gasteiger partial charge in [0.2, 0.25) is 34.9 Å². The van der Waals surface area contributed by atoms with Crippen molar-refractivity contribution in [3.05, 3.63) is 117 Å². The zero-order valence-corrected chi connectivity index (χ0v) is 40.9. The molecule has 0 unspecified atom stereocenters. The summed E-state index contributed by atoms with van der Waals surface area (Å²) in [7, 11) is 9.50. The molecule has 1 aliphatic rings. The van der Waals surface area contributed by atoms with E-state index < -0.39 is 6.04 Å². The molecule has 18 nitrogen and oxygen atoms in total. The lowest BCUT2D eigenvalue weighted by Crippen LogP contribution is -2.28. The summed E-state index contributed by atoms with van der Waals surface area (Å²) in [5, 5.41) is 21.9. The number of rotatable bonds is 26. The van der Waals surface area contributed by atoms with Crippen molar-refractivity contribution in [2.75, 3.05) is 58.6 Å². The average molecular weight is 957 g/mol. The lowest BCUT2D eigenvalue weighted by molar-refractivity contribution is -0.122. The highest BCUT2D eigenvalue weighted by molar-refractivity contribution is 5.84. The number of carbonyl (C=O) groups is 1. The Kier molecular flexibility index (Phi) is 18.0. The van der Waals surface area contributed by atoms with E-state index in [0.29, 0.717) is 79.6 Å².